The summed E-state index contributed by atoms with van der Waals surface area (Å²) in [5.41, 5.74) is 9.44. The average molecular weight is 815 g/mol. The van der Waals surface area contributed by atoms with Gasteiger partial charge in [0.1, 0.15) is 5.75 Å². The fraction of sp³-hybridized carbons (Fsp3) is 0.449. The van der Waals surface area contributed by atoms with Gasteiger partial charge in [-0.2, -0.15) is 0 Å². The molecule has 0 radical (unpaired) electrons. The Morgan fingerprint density at radius 2 is 1.13 bits per heavy atom. The van der Waals surface area contributed by atoms with E-state index in [1.54, 1.807) is 0 Å². The minimum atomic E-state index is -0.760. The fourth-order valence-electron chi connectivity index (χ4n) is 10.3. The molecule has 5 aliphatic heterocycles. The Kier molecular flexibility index (Phi) is 13.1. The lowest BCUT2D eigenvalue weighted by molar-refractivity contribution is -0.144. The van der Waals surface area contributed by atoms with Crippen LogP contribution in [0.25, 0.3) is 0 Å². The third-order valence-electron chi connectivity index (χ3n) is 13.6. The molecule has 0 spiro atoms. The van der Waals surface area contributed by atoms with Gasteiger partial charge in [-0.15, -0.1) is 0 Å². The first-order valence-corrected chi connectivity index (χ1v) is 21.8. The first kappa shape index (κ1) is 41.5. The lowest BCUT2D eigenvalue weighted by Crippen LogP contribution is -2.27. The number of benzene rings is 3. The number of allylic oxidation sites excluding steroid dienone is 4. The van der Waals surface area contributed by atoms with E-state index in [1.165, 1.54) is 0 Å². The maximum atomic E-state index is 12.5. The molecule has 0 amide bonds. The van der Waals surface area contributed by atoms with Crippen molar-refractivity contribution in [2.45, 2.75) is 57.3 Å². The second-order valence-electron chi connectivity index (χ2n) is 17.5. The van der Waals surface area contributed by atoms with Crippen LogP contribution < -0.4 is 26.0 Å². The zero-order valence-electron chi connectivity index (χ0n) is 34.2. The maximum Gasteiger partial charge on any atom is 0.307 e. The van der Waals surface area contributed by atoms with Crippen LogP contribution in [0, 0.1) is 35.5 Å². The molecule has 0 aromatic heterocycles. The largest absolute Gasteiger partial charge is 0.492 e. The van der Waals surface area contributed by atoms with E-state index in [2.05, 4.69) is 57.7 Å². The standard InChI is InChI=1S/C49H58N4O7/c54-47(55)39(35-11-15-50-26-35)20-30-4-1-6-32(18-30)23-42-38(44-29-60-46-10-9-34(24-43(44)46)22-41(49(58)59)37-13-17-52-28-37)8-3-14-53-45(42)25-33-7-2-5-31(19-33)21-40(48(56)57)36-12-16-51-27-36/h1-10,14,18-19,24,35-37,39-41,44,50-53H,11-13,15-17,20-23,25-29H2,(H,54,55)(H,56,57)(H,58,59)/t35-,36-,37-,39-,40-,41-,44+/m0/s1. The van der Waals surface area contributed by atoms with Crippen molar-refractivity contribution in [3.05, 3.63) is 135 Å². The lowest BCUT2D eigenvalue weighted by Gasteiger charge is -2.23. The van der Waals surface area contributed by atoms with Crippen molar-refractivity contribution in [2.75, 3.05) is 45.9 Å². The molecule has 3 aromatic carbocycles. The number of rotatable bonds is 17. The van der Waals surface area contributed by atoms with Gasteiger partial charge in [-0.25, -0.2) is 0 Å². The zero-order valence-corrected chi connectivity index (χ0v) is 34.2. The van der Waals surface area contributed by atoms with E-state index in [0.29, 0.717) is 45.3 Å². The summed E-state index contributed by atoms with van der Waals surface area (Å²) < 4.78 is 6.37. The molecule has 0 bridgehead atoms. The minimum absolute atomic E-state index is 0.0882. The van der Waals surface area contributed by atoms with Gasteiger partial charge in [0.25, 0.3) is 0 Å². The van der Waals surface area contributed by atoms with E-state index < -0.39 is 35.7 Å². The molecule has 0 aliphatic carbocycles. The molecule has 0 unspecified atom stereocenters. The highest BCUT2D eigenvalue weighted by Crippen LogP contribution is 2.44. The number of fused-ring (bicyclic) bond motifs is 1. The van der Waals surface area contributed by atoms with Crippen molar-refractivity contribution < 1.29 is 34.4 Å². The second-order valence-corrected chi connectivity index (χ2v) is 17.5. The van der Waals surface area contributed by atoms with E-state index in [-0.39, 0.29) is 23.7 Å². The summed E-state index contributed by atoms with van der Waals surface area (Å²) in [4.78, 5) is 37.4. The predicted octanol–water partition coefficient (Wildman–Crippen LogP) is 5.50. The SMILES string of the molecule is O=C(O)[C@@H](Cc1cccc(CC2=C(Cc3cccc(C[C@H](C(=O)O)[C@H]4CCNC4)c3)C([C@H]3COc4ccc(C[C@H](C(=O)O)[C@H]5CCNC5)cc43)=CC=CN2)c1)[C@H]1CCNC1. The number of carboxylic acid groups (broad SMARTS) is 3. The molecule has 3 saturated heterocycles. The average Bonchev–Trinajstić information content (AvgIpc) is 4.09. The Morgan fingerprint density at radius 3 is 1.63 bits per heavy atom. The Hall–Kier alpha value is -5.23. The van der Waals surface area contributed by atoms with Crippen LogP contribution in [-0.2, 0) is 46.5 Å². The Bertz CT molecular complexity index is 2140. The smallest absolute Gasteiger partial charge is 0.307 e. The fourth-order valence-corrected chi connectivity index (χ4v) is 10.3. The highest BCUT2D eigenvalue weighted by molar-refractivity contribution is 5.72. The van der Waals surface area contributed by atoms with Gasteiger partial charge in [-0.3, -0.25) is 14.4 Å². The number of carboxylic acids is 3. The molecule has 60 heavy (non-hydrogen) atoms. The summed E-state index contributed by atoms with van der Waals surface area (Å²) in [6.45, 7) is 5.14. The van der Waals surface area contributed by atoms with Crippen LogP contribution in [0.15, 0.2) is 102 Å². The topological polar surface area (TPSA) is 169 Å². The van der Waals surface area contributed by atoms with Gasteiger partial charge < -0.3 is 41.3 Å². The monoisotopic (exact) mass is 814 g/mol. The maximum absolute atomic E-state index is 12.5. The molecule has 0 saturated carbocycles. The van der Waals surface area contributed by atoms with Gasteiger partial charge >= 0.3 is 17.9 Å². The number of hydrogen-bond donors (Lipinski definition) is 7. The molecule has 3 aromatic rings. The number of hydrogen-bond acceptors (Lipinski definition) is 8. The third kappa shape index (κ3) is 9.70. The molecular weight excluding hydrogens is 757 g/mol. The number of nitrogens with one attached hydrogen (secondary N) is 4. The van der Waals surface area contributed by atoms with Gasteiger partial charge in [-0.05, 0) is 153 Å². The summed E-state index contributed by atoms with van der Waals surface area (Å²) in [6.07, 6.45) is 11.3. The molecule has 7 N–H and O–H groups in total. The molecule has 316 valence electrons. The van der Waals surface area contributed by atoms with E-state index in [1.807, 2.05) is 48.7 Å². The molecule has 7 atom stereocenters. The van der Waals surface area contributed by atoms with Crippen molar-refractivity contribution in [1.82, 2.24) is 21.3 Å². The Labute approximate surface area is 352 Å². The molecule has 8 rings (SSSR count). The summed E-state index contributed by atoms with van der Waals surface area (Å²) in [5, 5.41) is 44.3. The van der Waals surface area contributed by atoms with Crippen LogP contribution >= 0.6 is 0 Å². The van der Waals surface area contributed by atoms with E-state index >= 15 is 0 Å². The third-order valence-corrected chi connectivity index (χ3v) is 13.6. The number of carbonyl (C=O) groups is 3. The quantitative estimate of drug-likeness (QED) is 0.0919. The van der Waals surface area contributed by atoms with Gasteiger partial charge in [0.15, 0.2) is 0 Å². The van der Waals surface area contributed by atoms with E-state index in [9.17, 15) is 29.7 Å². The van der Waals surface area contributed by atoms with Crippen LogP contribution in [-0.4, -0.2) is 79.1 Å². The van der Waals surface area contributed by atoms with E-state index in [4.69, 9.17) is 4.74 Å². The normalized spacial score (nSPS) is 23.9. The summed E-state index contributed by atoms with van der Waals surface area (Å²) in [7, 11) is 0. The molecule has 11 nitrogen and oxygen atoms in total. The van der Waals surface area contributed by atoms with Gasteiger partial charge in [0, 0.05) is 29.8 Å². The molecular formula is C49H58N4O7. The van der Waals surface area contributed by atoms with Gasteiger partial charge in [-0.1, -0.05) is 66.7 Å². The predicted molar refractivity (Wildman–Crippen MR) is 230 cm³/mol. The number of aliphatic carboxylic acids is 3. The van der Waals surface area contributed by atoms with Crippen LogP contribution in [0.2, 0.25) is 0 Å². The van der Waals surface area contributed by atoms with Crippen LogP contribution in [0.1, 0.15) is 58.6 Å². The van der Waals surface area contributed by atoms with Crippen molar-refractivity contribution in [1.29, 1.82) is 0 Å². The lowest BCUT2D eigenvalue weighted by atomic mass is 9.81. The first-order valence-electron chi connectivity index (χ1n) is 21.8. The van der Waals surface area contributed by atoms with E-state index in [0.717, 1.165) is 108 Å². The summed E-state index contributed by atoms with van der Waals surface area (Å²) in [5.74, 6) is -2.67. The van der Waals surface area contributed by atoms with Crippen LogP contribution in [0.3, 0.4) is 0 Å². The number of ether oxygens (including phenoxy) is 1. The van der Waals surface area contributed by atoms with Crippen molar-refractivity contribution in [2.24, 2.45) is 35.5 Å². The van der Waals surface area contributed by atoms with Crippen molar-refractivity contribution in [3.63, 3.8) is 0 Å². The van der Waals surface area contributed by atoms with Gasteiger partial charge in [0.05, 0.1) is 24.4 Å². The van der Waals surface area contributed by atoms with Gasteiger partial charge in [0.2, 0.25) is 0 Å². The molecule has 3 fully saturated rings. The summed E-state index contributed by atoms with van der Waals surface area (Å²) in [6, 6.07) is 22.8. The van der Waals surface area contributed by atoms with Crippen molar-refractivity contribution >= 4 is 17.9 Å². The van der Waals surface area contributed by atoms with Crippen molar-refractivity contribution in [3.8, 4) is 5.75 Å². The Balaban J connectivity index is 1.13. The minimum Gasteiger partial charge on any atom is -0.492 e. The Morgan fingerprint density at radius 1 is 0.633 bits per heavy atom. The molecule has 11 heteroatoms. The summed E-state index contributed by atoms with van der Waals surface area (Å²) >= 11 is 0. The molecule has 5 heterocycles. The van der Waals surface area contributed by atoms with Crippen LogP contribution in [0.4, 0.5) is 0 Å². The zero-order chi connectivity index (χ0) is 41.6. The highest BCUT2D eigenvalue weighted by atomic mass is 16.5. The molecule has 5 aliphatic rings. The highest BCUT2D eigenvalue weighted by Gasteiger charge is 2.35. The first-order chi connectivity index (χ1) is 29.2. The van der Waals surface area contributed by atoms with Crippen LogP contribution in [0.5, 0.6) is 5.75 Å². The second kappa shape index (κ2) is 19.0.